The average Bonchev–Trinajstić information content (AvgIpc) is 2.03. The van der Waals surface area contributed by atoms with Crippen molar-refractivity contribution >= 4 is 34.1 Å². The Morgan fingerprint density at radius 1 is 1.50 bits per heavy atom. The Morgan fingerprint density at radius 3 is 2.43 bits per heavy atom. The van der Waals surface area contributed by atoms with Gasteiger partial charge in [0.15, 0.2) is 0 Å². The third-order valence-electron chi connectivity index (χ3n) is 1.58. The van der Waals surface area contributed by atoms with Crippen LogP contribution in [0.1, 0.15) is 27.7 Å². The molecular formula is C9H17NO2S2. The molecule has 3 nitrogen and oxygen atoms in total. The summed E-state index contributed by atoms with van der Waals surface area (Å²) in [5.41, 5.74) is 0.577. The van der Waals surface area contributed by atoms with Crippen molar-refractivity contribution in [1.29, 1.82) is 0 Å². The molecule has 0 aromatic carbocycles. The molecule has 0 heterocycles. The maximum Gasteiger partial charge on any atom is 0.220 e. The van der Waals surface area contributed by atoms with Crippen LogP contribution in [0.2, 0.25) is 0 Å². The fourth-order valence-electron chi connectivity index (χ4n) is 0.682. The van der Waals surface area contributed by atoms with E-state index < -0.39 is 0 Å². The summed E-state index contributed by atoms with van der Waals surface area (Å²) in [5.74, 6) is 0.568. The second-order valence-electron chi connectivity index (χ2n) is 3.77. The van der Waals surface area contributed by atoms with Gasteiger partial charge in [0, 0.05) is 11.2 Å². The zero-order valence-corrected chi connectivity index (χ0v) is 10.7. The molecule has 0 aromatic rings. The first-order chi connectivity index (χ1) is 6.41. The Hall–Kier alpha value is -0.290. The van der Waals surface area contributed by atoms with E-state index in [1.807, 2.05) is 27.7 Å². The summed E-state index contributed by atoms with van der Waals surface area (Å²) in [5, 5.41) is 12.1. The number of thioether (sulfide) groups is 1. The highest BCUT2D eigenvalue weighted by atomic mass is 32.2. The highest BCUT2D eigenvalue weighted by Gasteiger charge is 2.20. The fraction of sp³-hybridized carbons (Fsp3) is 0.778. The zero-order chi connectivity index (χ0) is 11.2. The molecule has 0 saturated carbocycles. The maximum atomic E-state index is 8.79. The Morgan fingerprint density at radius 2 is 2.07 bits per heavy atom. The molecule has 5 heteroatoms. The van der Waals surface area contributed by atoms with E-state index in [4.69, 9.17) is 22.2 Å². The van der Waals surface area contributed by atoms with E-state index in [0.29, 0.717) is 22.5 Å². The molecule has 0 saturated heterocycles. The van der Waals surface area contributed by atoms with Gasteiger partial charge >= 0.3 is 0 Å². The number of rotatable bonds is 3. The summed E-state index contributed by atoms with van der Waals surface area (Å²) in [6, 6.07) is 0. The Kier molecular flexibility index (Phi) is 6.11. The van der Waals surface area contributed by atoms with Crippen molar-refractivity contribution in [3.63, 3.8) is 0 Å². The van der Waals surface area contributed by atoms with Gasteiger partial charge in [-0.1, -0.05) is 37.7 Å². The van der Waals surface area contributed by atoms with E-state index in [1.165, 1.54) is 11.8 Å². The van der Waals surface area contributed by atoms with Crippen molar-refractivity contribution in [2.24, 2.45) is 10.6 Å². The molecule has 0 atom stereocenters. The molecule has 0 amide bonds. The topological polar surface area (TPSA) is 41.8 Å². The minimum Gasteiger partial charge on any atom is -0.479 e. The van der Waals surface area contributed by atoms with Gasteiger partial charge in [0.25, 0.3) is 0 Å². The molecule has 0 aliphatic rings. The van der Waals surface area contributed by atoms with Crippen LogP contribution in [0.25, 0.3) is 0 Å². The molecule has 0 bridgehead atoms. The van der Waals surface area contributed by atoms with Crippen LogP contribution in [0.5, 0.6) is 0 Å². The largest absolute Gasteiger partial charge is 0.479 e. The zero-order valence-electron chi connectivity index (χ0n) is 9.03. The summed E-state index contributed by atoms with van der Waals surface area (Å²) in [7, 11) is 0. The Balaban J connectivity index is 4.05. The van der Waals surface area contributed by atoms with Gasteiger partial charge in [0.1, 0.15) is 0 Å². The lowest BCUT2D eigenvalue weighted by Crippen LogP contribution is -2.23. The van der Waals surface area contributed by atoms with E-state index in [0.717, 1.165) is 0 Å². The molecule has 82 valence electrons. The summed E-state index contributed by atoms with van der Waals surface area (Å²) in [4.78, 5) is 0. The molecule has 1 N–H and O–H groups in total. The lowest BCUT2D eigenvalue weighted by atomic mass is 9.91. The number of oxime groups is 1. The molecule has 14 heavy (non-hydrogen) atoms. The van der Waals surface area contributed by atoms with Crippen molar-refractivity contribution in [3.05, 3.63) is 0 Å². The molecule has 0 aliphatic heterocycles. The molecule has 0 aliphatic carbocycles. The van der Waals surface area contributed by atoms with Crippen LogP contribution >= 0.6 is 24.0 Å². The van der Waals surface area contributed by atoms with Crippen LogP contribution in [0.15, 0.2) is 5.16 Å². The van der Waals surface area contributed by atoms with Gasteiger partial charge in [-0.25, -0.2) is 0 Å². The molecule has 0 fully saturated rings. The van der Waals surface area contributed by atoms with E-state index in [2.05, 4.69) is 5.16 Å². The fourth-order valence-corrected chi connectivity index (χ4v) is 1.92. The maximum absolute atomic E-state index is 8.79. The monoisotopic (exact) mass is 235 g/mol. The third kappa shape index (κ3) is 5.44. The molecule has 0 radical (unpaired) electrons. The Labute approximate surface area is 94.9 Å². The highest BCUT2D eigenvalue weighted by molar-refractivity contribution is 8.23. The smallest absolute Gasteiger partial charge is 0.220 e. The minimum absolute atomic E-state index is 0.135. The van der Waals surface area contributed by atoms with Gasteiger partial charge < -0.3 is 9.94 Å². The van der Waals surface area contributed by atoms with Gasteiger partial charge in [-0.15, -0.1) is 0 Å². The second-order valence-corrected chi connectivity index (χ2v) is 5.35. The third-order valence-corrected chi connectivity index (χ3v) is 2.82. The van der Waals surface area contributed by atoms with Crippen LogP contribution in [0, 0.1) is 5.41 Å². The normalized spacial score (nSPS) is 12.7. The van der Waals surface area contributed by atoms with Gasteiger partial charge in [0.2, 0.25) is 4.38 Å². The Bertz CT molecular complexity index is 221. The summed E-state index contributed by atoms with van der Waals surface area (Å²) in [6.45, 7) is 8.44. The predicted molar refractivity (Wildman–Crippen MR) is 65.4 cm³/mol. The summed E-state index contributed by atoms with van der Waals surface area (Å²) < 4.78 is 5.61. The molecule has 0 unspecified atom stereocenters. The number of nitrogens with zero attached hydrogens (tertiary/aromatic N) is 1. The standard InChI is InChI=1S/C9H17NO2S2/c1-5-12-8(13)14-6-7(10-11)9(2,3)4/h11H,5-6H2,1-4H3/b10-7-. The second kappa shape index (κ2) is 6.24. The van der Waals surface area contributed by atoms with Crippen molar-refractivity contribution in [1.82, 2.24) is 0 Å². The number of thiocarbonyl (C=S) groups is 1. The number of ether oxygens (including phenoxy) is 1. The summed E-state index contributed by atoms with van der Waals surface area (Å²) in [6.07, 6.45) is 0. The first-order valence-electron chi connectivity index (χ1n) is 4.42. The molecule has 0 spiro atoms. The van der Waals surface area contributed by atoms with E-state index >= 15 is 0 Å². The number of hydrogen-bond donors (Lipinski definition) is 1. The lowest BCUT2D eigenvalue weighted by Gasteiger charge is -2.19. The SMILES string of the molecule is CCOC(=S)SC/C(=N/O)C(C)(C)C. The molecule has 0 rings (SSSR count). The van der Waals surface area contributed by atoms with Crippen molar-refractivity contribution in [2.75, 3.05) is 12.4 Å². The van der Waals surface area contributed by atoms with Crippen LogP contribution in [0.3, 0.4) is 0 Å². The van der Waals surface area contributed by atoms with Gasteiger partial charge in [0.05, 0.1) is 12.3 Å². The molecular weight excluding hydrogens is 218 g/mol. The van der Waals surface area contributed by atoms with Gasteiger partial charge in [-0.2, -0.15) is 0 Å². The van der Waals surface area contributed by atoms with Crippen LogP contribution < -0.4 is 0 Å². The van der Waals surface area contributed by atoms with E-state index in [-0.39, 0.29) is 5.41 Å². The quantitative estimate of drug-likeness (QED) is 0.353. The first-order valence-corrected chi connectivity index (χ1v) is 5.82. The highest BCUT2D eigenvalue weighted by Crippen LogP contribution is 2.20. The van der Waals surface area contributed by atoms with Crippen LogP contribution in [-0.2, 0) is 4.74 Å². The minimum atomic E-state index is -0.135. The van der Waals surface area contributed by atoms with E-state index in [1.54, 1.807) is 0 Å². The van der Waals surface area contributed by atoms with Crippen molar-refractivity contribution in [2.45, 2.75) is 27.7 Å². The van der Waals surface area contributed by atoms with Gasteiger partial charge in [-0.3, -0.25) is 0 Å². The lowest BCUT2D eigenvalue weighted by molar-refractivity contribution is 0.311. The van der Waals surface area contributed by atoms with Crippen LogP contribution in [0.4, 0.5) is 0 Å². The van der Waals surface area contributed by atoms with Crippen molar-refractivity contribution in [3.8, 4) is 0 Å². The first kappa shape index (κ1) is 13.7. The number of hydrogen-bond acceptors (Lipinski definition) is 5. The molecule has 0 aromatic heterocycles. The van der Waals surface area contributed by atoms with E-state index in [9.17, 15) is 0 Å². The van der Waals surface area contributed by atoms with Crippen LogP contribution in [-0.4, -0.2) is 27.7 Å². The summed E-state index contributed by atoms with van der Waals surface area (Å²) >= 11 is 6.33. The average molecular weight is 235 g/mol. The van der Waals surface area contributed by atoms with Gasteiger partial charge in [-0.05, 0) is 19.1 Å². The van der Waals surface area contributed by atoms with Crippen molar-refractivity contribution < 1.29 is 9.94 Å². The predicted octanol–water partition coefficient (Wildman–Crippen LogP) is 2.92.